The van der Waals surface area contributed by atoms with Gasteiger partial charge in [-0.25, -0.2) is 0 Å². The summed E-state index contributed by atoms with van der Waals surface area (Å²) in [5, 5.41) is 2.99. The fraction of sp³-hybridized carbons (Fsp3) is 0.167. The Morgan fingerprint density at radius 3 is 2.71 bits per heavy atom. The first kappa shape index (κ1) is 14.0. The molecule has 2 nitrogen and oxygen atoms in total. The van der Waals surface area contributed by atoms with E-state index in [1.54, 1.807) is 11.8 Å². The van der Waals surface area contributed by atoms with Crippen LogP contribution in [0.25, 0.3) is 11.6 Å². The Labute approximate surface area is 129 Å². The number of hydrogen-bond donors (Lipinski definition) is 1. The van der Waals surface area contributed by atoms with Gasteiger partial charge in [0.2, 0.25) is 6.41 Å². The molecular formula is C18H17NOS. The van der Waals surface area contributed by atoms with Crippen molar-refractivity contribution in [2.45, 2.75) is 17.9 Å². The topological polar surface area (TPSA) is 29.1 Å². The first-order chi connectivity index (χ1) is 10.2. The Kier molecular flexibility index (Phi) is 3.84. The molecule has 0 bridgehead atoms. The minimum Gasteiger partial charge on any atom is -0.348 e. The fourth-order valence-electron chi connectivity index (χ4n) is 2.90. The Morgan fingerprint density at radius 1 is 1.14 bits per heavy atom. The van der Waals surface area contributed by atoms with Gasteiger partial charge in [-0.3, -0.25) is 4.79 Å². The lowest BCUT2D eigenvalue weighted by Gasteiger charge is -2.20. The molecule has 1 unspecified atom stereocenters. The summed E-state index contributed by atoms with van der Waals surface area (Å²) in [5.74, 6) is 0. The number of allylic oxidation sites excluding steroid dienone is 1. The zero-order valence-corrected chi connectivity index (χ0v) is 12.9. The SMILES string of the molecule is CSc1ccc2c(c1)C(NC=O)c1ccccc1C(C)=C2. The highest BCUT2D eigenvalue weighted by Crippen LogP contribution is 2.37. The smallest absolute Gasteiger partial charge is 0.207 e. The van der Waals surface area contributed by atoms with E-state index in [0.29, 0.717) is 0 Å². The van der Waals surface area contributed by atoms with Crippen LogP contribution in [0.15, 0.2) is 47.4 Å². The molecule has 1 aliphatic rings. The monoisotopic (exact) mass is 295 g/mol. The Balaban J connectivity index is 2.27. The predicted molar refractivity (Wildman–Crippen MR) is 89.3 cm³/mol. The number of nitrogens with one attached hydrogen (secondary N) is 1. The van der Waals surface area contributed by atoms with Crippen molar-refractivity contribution >= 4 is 29.8 Å². The van der Waals surface area contributed by atoms with E-state index in [0.717, 1.165) is 17.5 Å². The molecular weight excluding hydrogens is 278 g/mol. The number of fused-ring (bicyclic) bond motifs is 2. The first-order valence-electron chi connectivity index (χ1n) is 6.90. The molecule has 106 valence electrons. The summed E-state index contributed by atoms with van der Waals surface area (Å²) < 4.78 is 0. The second-order valence-corrected chi connectivity index (χ2v) is 6.01. The van der Waals surface area contributed by atoms with Crippen molar-refractivity contribution in [3.8, 4) is 0 Å². The Morgan fingerprint density at radius 2 is 1.95 bits per heavy atom. The van der Waals surface area contributed by atoms with Crippen LogP contribution in [0.3, 0.4) is 0 Å². The van der Waals surface area contributed by atoms with E-state index < -0.39 is 0 Å². The zero-order valence-electron chi connectivity index (χ0n) is 12.1. The standard InChI is InChI=1S/C18H17NOS/c1-12-9-13-7-8-14(21-2)10-17(13)18(19-11-20)16-6-4-3-5-15(12)16/h3-11,18H,1-2H3,(H,19,20). The van der Waals surface area contributed by atoms with Crippen molar-refractivity contribution in [3.05, 3.63) is 64.7 Å². The molecule has 0 saturated carbocycles. The third kappa shape index (κ3) is 2.49. The third-order valence-corrected chi connectivity index (χ3v) is 4.63. The highest BCUT2D eigenvalue weighted by Gasteiger charge is 2.22. The number of benzene rings is 2. The van der Waals surface area contributed by atoms with Crippen LogP contribution in [-0.4, -0.2) is 12.7 Å². The molecule has 1 atom stereocenters. The maximum Gasteiger partial charge on any atom is 0.207 e. The van der Waals surface area contributed by atoms with Crippen molar-refractivity contribution in [3.63, 3.8) is 0 Å². The number of amides is 1. The van der Waals surface area contributed by atoms with Gasteiger partial charge in [-0.05, 0) is 53.1 Å². The van der Waals surface area contributed by atoms with E-state index in [-0.39, 0.29) is 6.04 Å². The fourth-order valence-corrected chi connectivity index (χ4v) is 3.34. The van der Waals surface area contributed by atoms with Gasteiger partial charge in [0.15, 0.2) is 0 Å². The van der Waals surface area contributed by atoms with E-state index in [1.165, 1.54) is 21.6 Å². The van der Waals surface area contributed by atoms with Gasteiger partial charge in [-0.1, -0.05) is 36.4 Å². The van der Waals surface area contributed by atoms with Crippen molar-refractivity contribution in [2.24, 2.45) is 0 Å². The molecule has 0 spiro atoms. The van der Waals surface area contributed by atoms with Crippen molar-refractivity contribution in [2.75, 3.05) is 6.26 Å². The normalized spacial score (nSPS) is 16.3. The molecule has 0 radical (unpaired) electrons. The average molecular weight is 295 g/mol. The molecule has 2 aromatic rings. The van der Waals surface area contributed by atoms with Crippen LogP contribution in [0.2, 0.25) is 0 Å². The predicted octanol–water partition coefficient (Wildman–Crippen LogP) is 4.12. The highest BCUT2D eigenvalue weighted by molar-refractivity contribution is 7.98. The summed E-state index contributed by atoms with van der Waals surface area (Å²) in [6.07, 6.45) is 5.05. The van der Waals surface area contributed by atoms with Crippen LogP contribution >= 0.6 is 11.8 Å². The van der Waals surface area contributed by atoms with Crippen LogP contribution in [0.5, 0.6) is 0 Å². The molecule has 0 saturated heterocycles. The maximum atomic E-state index is 11.1. The minimum atomic E-state index is -0.102. The zero-order chi connectivity index (χ0) is 14.8. The molecule has 1 aliphatic carbocycles. The molecule has 0 aromatic heterocycles. The van der Waals surface area contributed by atoms with Crippen molar-refractivity contribution in [1.29, 1.82) is 0 Å². The van der Waals surface area contributed by atoms with Gasteiger partial charge < -0.3 is 5.32 Å². The van der Waals surface area contributed by atoms with Gasteiger partial charge in [0, 0.05) is 4.90 Å². The first-order valence-corrected chi connectivity index (χ1v) is 8.12. The van der Waals surface area contributed by atoms with E-state index in [1.807, 2.05) is 12.1 Å². The molecule has 3 heteroatoms. The van der Waals surface area contributed by atoms with Gasteiger partial charge in [-0.15, -0.1) is 11.8 Å². The molecule has 0 aliphatic heterocycles. The Bertz CT molecular complexity index is 721. The molecule has 0 heterocycles. The van der Waals surface area contributed by atoms with E-state index in [2.05, 4.69) is 54.9 Å². The number of carbonyl (C=O) groups excluding carboxylic acids is 1. The molecule has 2 aromatic carbocycles. The lowest BCUT2D eigenvalue weighted by atomic mass is 9.93. The van der Waals surface area contributed by atoms with Gasteiger partial charge in [0.25, 0.3) is 0 Å². The molecule has 1 amide bonds. The summed E-state index contributed by atoms with van der Waals surface area (Å²) in [6.45, 7) is 2.12. The van der Waals surface area contributed by atoms with Crippen LogP contribution in [-0.2, 0) is 4.79 Å². The third-order valence-electron chi connectivity index (χ3n) is 3.91. The number of hydrogen-bond acceptors (Lipinski definition) is 2. The summed E-state index contributed by atoms with van der Waals surface area (Å²) in [4.78, 5) is 12.3. The molecule has 3 rings (SSSR count). The number of thioether (sulfide) groups is 1. The number of carbonyl (C=O) groups is 1. The second kappa shape index (κ2) is 5.78. The van der Waals surface area contributed by atoms with Gasteiger partial charge >= 0.3 is 0 Å². The summed E-state index contributed by atoms with van der Waals surface area (Å²) in [6, 6.07) is 14.6. The lowest BCUT2D eigenvalue weighted by molar-refractivity contribution is -0.110. The second-order valence-electron chi connectivity index (χ2n) is 5.13. The summed E-state index contributed by atoms with van der Waals surface area (Å²) in [5.41, 5.74) is 5.88. The van der Waals surface area contributed by atoms with Crippen LogP contribution < -0.4 is 5.32 Å². The van der Waals surface area contributed by atoms with Crippen molar-refractivity contribution < 1.29 is 4.79 Å². The minimum absolute atomic E-state index is 0.102. The largest absolute Gasteiger partial charge is 0.348 e. The van der Waals surface area contributed by atoms with Crippen molar-refractivity contribution in [1.82, 2.24) is 5.32 Å². The van der Waals surface area contributed by atoms with Crippen LogP contribution in [0.4, 0.5) is 0 Å². The summed E-state index contributed by atoms with van der Waals surface area (Å²) >= 11 is 1.71. The van der Waals surface area contributed by atoms with E-state index >= 15 is 0 Å². The summed E-state index contributed by atoms with van der Waals surface area (Å²) in [7, 11) is 0. The highest BCUT2D eigenvalue weighted by atomic mass is 32.2. The lowest BCUT2D eigenvalue weighted by Crippen LogP contribution is -2.22. The molecule has 0 fully saturated rings. The van der Waals surface area contributed by atoms with E-state index in [4.69, 9.17) is 0 Å². The van der Waals surface area contributed by atoms with Gasteiger partial charge in [-0.2, -0.15) is 0 Å². The van der Waals surface area contributed by atoms with E-state index in [9.17, 15) is 4.79 Å². The van der Waals surface area contributed by atoms with Crippen LogP contribution in [0, 0.1) is 0 Å². The number of rotatable bonds is 3. The molecule has 1 N–H and O–H groups in total. The quantitative estimate of drug-likeness (QED) is 0.682. The average Bonchev–Trinajstić information content (AvgIpc) is 2.63. The van der Waals surface area contributed by atoms with Gasteiger partial charge in [0.05, 0.1) is 6.04 Å². The molecule has 21 heavy (non-hydrogen) atoms. The van der Waals surface area contributed by atoms with Crippen LogP contribution in [0.1, 0.15) is 35.2 Å². The maximum absolute atomic E-state index is 11.1. The Hall–Kier alpha value is -2.00. The van der Waals surface area contributed by atoms with Gasteiger partial charge in [0.1, 0.15) is 0 Å².